The normalized spacial score (nSPS) is 11.8. The smallest absolute Gasteiger partial charge is 0.319 e. The van der Waals surface area contributed by atoms with Crippen molar-refractivity contribution < 1.29 is 14.3 Å². The van der Waals surface area contributed by atoms with E-state index in [2.05, 4.69) is 10.6 Å². The van der Waals surface area contributed by atoms with Crippen LogP contribution in [0.4, 0.5) is 14.9 Å². The Labute approximate surface area is 145 Å². The lowest BCUT2D eigenvalue weighted by atomic mass is 10.0. The summed E-state index contributed by atoms with van der Waals surface area (Å²) in [5.74, 6) is -0.361. The minimum absolute atomic E-state index is 0.0635. The molecule has 6 heteroatoms. The standard InChI is InChI=1S/C18H21FN2O2S/c1-24-17-10-9-14(12-15(17)19)20-18(23)21-16(8-5-11-22)13-6-3-2-4-7-13/h2-4,6-7,9-10,12,16,22H,5,8,11H2,1H3,(H2,20,21,23). The van der Waals surface area contributed by atoms with Crippen molar-refractivity contribution in [2.24, 2.45) is 0 Å². The monoisotopic (exact) mass is 348 g/mol. The van der Waals surface area contributed by atoms with E-state index in [1.807, 2.05) is 30.3 Å². The first kappa shape index (κ1) is 18.3. The van der Waals surface area contributed by atoms with Crippen LogP contribution in [-0.4, -0.2) is 24.0 Å². The van der Waals surface area contributed by atoms with Crippen molar-refractivity contribution in [2.75, 3.05) is 18.2 Å². The highest BCUT2D eigenvalue weighted by molar-refractivity contribution is 7.98. The van der Waals surface area contributed by atoms with Gasteiger partial charge in [-0.25, -0.2) is 9.18 Å². The number of hydrogen-bond donors (Lipinski definition) is 3. The number of halogens is 1. The molecule has 24 heavy (non-hydrogen) atoms. The van der Waals surface area contributed by atoms with Crippen LogP contribution in [0.15, 0.2) is 53.4 Å². The molecule has 0 aliphatic rings. The number of carbonyl (C=O) groups is 1. The number of aliphatic hydroxyl groups excluding tert-OH is 1. The molecule has 0 aliphatic carbocycles. The summed E-state index contributed by atoms with van der Waals surface area (Å²) in [5, 5.41) is 14.6. The molecule has 0 radical (unpaired) electrons. The second kappa shape index (κ2) is 9.30. The van der Waals surface area contributed by atoms with Gasteiger partial charge in [0.15, 0.2) is 0 Å². The predicted octanol–water partition coefficient (Wildman–Crippen LogP) is 4.18. The number of hydrogen-bond acceptors (Lipinski definition) is 3. The van der Waals surface area contributed by atoms with Crippen molar-refractivity contribution >= 4 is 23.5 Å². The third-order valence-electron chi connectivity index (χ3n) is 3.57. The maximum absolute atomic E-state index is 13.8. The highest BCUT2D eigenvalue weighted by Gasteiger charge is 2.14. The van der Waals surface area contributed by atoms with E-state index in [0.29, 0.717) is 23.4 Å². The van der Waals surface area contributed by atoms with Crippen LogP contribution < -0.4 is 10.6 Å². The largest absolute Gasteiger partial charge is 0.396 e. The van der Waals surface area contributed by atoms with Crippen molar-refractivity contribution in [1.82, 2.24) is 5.32 Å². The second-order valence-corrected chi connectivity index (χ2v) is 6.12. The van der Waals surface area contributed by atoms with E-state index in [1.54, 1.807) is 18.4 Å². The summed E-state index contributed by atoms with van der Waals surface area (Å²) in [6, 6.07) is 13.5. The SMILES string of the molecule is CSc1ccc(NC(=O)NC(CCCO)c2ccccc2)cc1F. The van der Waals surface area contributed by atoms with Crippen LogP contribution >= 0.6 is 11.8 Å². The molecule has 0 spiro atoms. The lowest BCUT2D eigenvalue weighted by Gasteiger charge is -2.19. The zero-order valence-electron chi connectivity index (χ0n) is 13.5. The lowest BCUT2D eigenvalue weighted by Crippen LogP contribution is -2.32. The van der Waals surface area contributed by atoms with E-state index in [4.69, 9.17) is 5.11 Å². The summed E-state index contributed by atoms with van der Waals surface area (Å²) >= 11 is 1.31. The number of rotatable bonds is 7. The van der Waals surface area contributed by atoms with E-state index < -0.39 is 6.03 Å². The minimum atomic E-state index is -0.405. The fourth-order valence-electron chi connectivity index (χ4n) is 2.37. The molecule has 2 rings (SSSR count). The van der Waals surface area contributed by atoms with Gasteiger partial charge in [-0.3, -0.25) is 0 Å². The molecule has 3 N–H and O–H groups in total. The van der Waals surface area contributed by atoms with Crippen LogP contribution in [0.5, 0.6) is 0 Å². The number of benzene rings is 2. The summed E-state index contributed by atoms with van der Waals surface area (Å²) in [6.45, 7) is 0.0635. The third kappa shape index (κ3) is 5.25. The molecule has 0 aromatic heterocycles. The van der Waals surface area contributed by atoms with Crippen molar-refractivity contribution in [1.29, 1.82) is 0 Å². The fourth-order valence-corrected chi connectivity index (χ4v) is 2.83. The van der Waals surface area contributed by atoms with Gasteiger partial charge >= 0.3 is 6.03 Å². The Hall–Kier alpha value is -2.05. The van der Waals surface area contributed by atoms with Crippen LogP contribution in [0, 0.1) is 5.82 Å². The van der Waals surface area contributed by atoms with Gasteiger partial charge in [-0.15, -0.1) is 11.8 Å². The fraction of sp³-hybridized carbons (Fsp3) is 0.278. The van der Waals surface area contributed by atoms with Crippen LogP contribution in [0.1, 0.15) is 24.4 Å². The Bertz CT molecular complexity index is 667. The molecule has 1 atom stereocenters. The Balaban J connectivity index is 2.03. The number of carbonyl (C=O) groups excluding carboxylic acids is 1. The Morgan fingerprint density at radius 2 is 2.00 bits per heavy atom. The first-order valence-corrected chi connectivity index (χ1v) is 8.93. The van der Waals surface area contributed by atoms with Crippen LogP contribution in [0.25, 0.3) is 0 Å². The molecule has 0 fully saturated rings. The Morgan fingerprint density at radius 3 is 2.62 bits per heavy atom. The zero-order chi connectivity index (χ0) is 17.4. The first-order chi connectivity index (χ1) is 11.6. The van der Waals surface area contributed by atoms with Crippen molar-refractivity contribution in [3.63, 3.8) is 0 Å². The molecule has 4 nitrogen and oxygen atoms in total. The zero-order valence-corrected chi connectivity index (χ0v) is 14.3. The number of anilines is 1. The molecule has 0 saturated carbocycles. The van der Waals surface area contributed by atoms with E-state index in [0.717, 1.165) is 5.56 Å². The molecule has 2 aromatic carbocycles. The van der Waals surface area contributed by atoms with Crippen LogP contribution in [-0.2, 0) is 0 Å². The first-order valence-electron chi connectivity index (χ1n) is 7.71. The molecular weight excluding hydrogens is 327 g/mol. The van der Waals surface area contributed by atoms with E-state index in [-0.39, 0.29) is 18.5 Å². The summed E-state index contributed by atoms with van der Waals surface area (Å²) < 4.78 is 13.8. The third-order valence-corrected chi connectivity index (χ3v) is 4.34. The summed E-state index contributed by atoms with van der Waals surface area (Å²) in [5.41, 5.74) is 1.36. The number of thioether (sulfide) groups is 1. The molecular formula is C18H21FN2O2S. The van der Waals surface area contributed by atoms with Gasteiger partial charge in [-0.2, -0.15) is 0 Å². The van der Waals surface area contributed by atoms with Crippen LogP contribution in [0.3, 0.4) is 0 Å². The average Bonchev–Trinajstić information content (AvgIpc) is 2.59. The van der Waals surface area contributed by atoms with E-state index >= 15 is 0 Å². The van der Waals surface area contributed by atoms with Gasteiger partial charge in [0, 0.05) is 17.2 Å². The minimum Gasteiger partial charge on any atom is -0.396 e. The van der Waals surface area contributed by atoms with Crippen molar-refractivity contribution in [3.05, 3.63) is 59.9 Å². The van der Waals surface area contributed by atoms with Crippen molar-refractivity contribution in [2.45, 2.75) is 23.8 Å². The number of nitrogens with one attached hydrogen (secondary N) is 2. The second-order valence-electron chi connectivity index (χ2n) is 5.28. The average molecular weight is 348 g/mol. The highest BCUT2D eigenvalue weighted by Crippen LogP contribution is 2.23. The van der Waals surface area contributed by atoms with Crippen molar-refractivity contribution in [3.8, 4) is 0 Å². The molecule has 1 unspecified atom stereocenters. The van der Waals surface area contributed by atoms with Gasteiger partial charge in [0.2, 0.25) is 0 Å². The maximum Gasteiger partial charge on any atom is 0.319 e. The molecule has 0 bridgehead atoms. The predicted molar refractivity (Wildman–Crippen MR) is 95.8 cm³/mol. The number of aliphatic hydroxyl groups is 1. The van der Waals surface area contributed by atoms with Gasteiger partial charge in [0.25, 0.3) is 0 Å². The summed E-state index contributed by atoms with van der Waals surface area (Å²) in [4.78, 5) is 12.7. The lowest BCUT2D eigenvalue weighted by molar-refractivity contribution is 0.244. The number of amides is 2. The Kier molecular flexibility index (Phi) is 7.08. The van der Waals surface area contributed by atoms with E-state index in [1.165, 1.54) is 17.8 Å². The molecule has 2 aromatic rings. The van der Waals surface area contributed by atoms with Gasteiger partial charge in [0.05, 0.1) is 6.04 Å². The highest BCUT2D eigenvalue weighted by atomic mass is 32.2. The van der Waals surface area contributed by atoms with Gasteiger partial charge in [-0.05, 0) is 42.9 Å². The Morgan fingerprint density at radius 1 is 1.25 bits per heavy atom. The topological polar surface area (TPSA) is 61.4 Å². The molecule has 2 amide bonds. The van der Waals surface area contributed by atoms with Gasteiger partial charge < -0.3 is 15.7 Å². The molecule has 0 saturated heterocycles. The van der Waals surface area contributed by atoms with Gasteiger partial charge in [0.1, 0.15) is 5.82 Å². The molecule has 0 heterocycles. The van der Waals surface area contributed by atoms with Gasteiger partial charge in [-0.1, -0.05) is 30.3 Å². The van der Waals surface area contributed by atoms with Crippen LogP contribution in [0.2, 0.25) is 0 Å². The molecule has 0 aliphatic heterocycles. The molecule has 128 valence electrons. The summed E-state index contributed by atoms with van der Waals surface area (Å²) in [6.07, 6.45) is 2.99. The van der Waals surface area contributed by atoms with E-state index in [9.17, 15) is 9.18 Å². The maximum atomic E-state index is 13.8. The number of urea groups is 1. The summed E-state index contributed by atoms with van der Waals surface area (Å²) in [7, 11) is 0. The quantitative estimate of drug-likeness (QED) is 0.658.